The molecular formula is C11H10N2O3. The minimum atomic E-state index is -0.966. The first kappa shape index (κ1) is 10.2. The molecule has 3 N–H and O–H groups in total. The van der Waals surface area contributed by atoms with Crippen LogP contribution >= 0.6 is 0 Å². The highest BCUT2D eigenvalue weighted by Gasteiger charge is 2.17. The number of anilines is 1. The van der Waals surface area contributed by atoms with Crippen molar-refractivity contribution in [1.82, 2.24) is 5.16 Å². The van der Waals surface area contributed by atoms with Crippen molar-refractivity contribution < 1.29 is 14.4 Å². The smallest absolute Gasteiger partial charge is 0.308 e. The Hall–Kier alpha value is -2.30. The van der Waals surface area contributed by atoms with Gasteiger partial charge in [-0.25, -0.2) is 0 Å². The van der Waals surface area contributed by atoms with E-state index in [-0.39, 0.29) is 12.3 Å². The van der Waals surface area contributed by atoms with Crippen LogP contribution in [-0.2, 0) is 11.2 Å². The average molecular weight is 218 g/mol. The third-order valence-electron chi connectivity index (χ3n) is 2.19. The fourth-order valence-corrected chi connectivity index (χ4v) is 1.47. The van der Waals surface area contributed by atoms with Gasteiger partial charge in [0.25, 0.3) is 0 Å². The second-order valence-electron chi connectivity index (χ2n) is 3.31. The van der Waals surface area contributed by atoms with Gasteiger partial charge in [-0.3, -0.25) is 4.79 Å². The molecule has 0 fully saturated rings. The predicted octanol–water partition coefficient (Wildman–Crippen LogP) is 1.55. The second kappa shape index (κ2) is 4.06. The van der Waals surface area contributed by atoms with E-state index in [2.05, 4.69) is 5.16 Å². The van der Waals surface area contributed by atoms with E-state index in [1.807, 2.05) is 30.3 Å². The molecule has 1 heterocycles. The predicted molar refractivity (Wildman–Crippen MR) is 57.7 cm³/mol. The lowest BCUT2D eigenvalue weighted by Gasteiger charge is -1.98. The first-order valence-electron chi connectivity index (χ1n) is 4.69. The summed E-state index contributed by atoms with van der Waals surface area (Å²) in [7, 11) is 0. The summed E-state index contributed by atoms with van der Waals surface area (Å²) in [6, 6.07) is 9.19. The molecule has 0 spiro atoms. The molecule has 0 aliphatic heterocycles. The third kappa shape index (κ3) is 1.88. The molecule has 0 saturated heterocycles. The average Bonchev–Trinajstić information content (AvgIpc) is 2.61. The minimum Gasteiger partial charge on any atom is -0.481 e. The van der Waals surface area contributed by atoms with Crippen molar-refractivity contribution in [1.29, 1.82) is 0 Å². The topological polar surface area (TPSA) is 89.4 Å². The fraction of sp³-hybridized carbons (Fsp3) is 0.0909. The lowest BCUT2D eigenvalue weighted by Crippen LogP contribution is -2.02. The zero-order valence-electron chi connectivity index (χ0n) is 8.38. The maximum atomic E-state index is 10.7. The number of aliphatic carboxylic acids is 1. The van der Waals surface area contributed by atoms with Crippen LogP contribution in [0.2, 0.25) is 0 Å². The van der Waals surface area contributed by atoms with Gasteiger partial charge < -0.3 is 15.4 Å². The number of hydrogen-bond donors (Lipinski definition) is 2. The number of hydrogen-bond acceptors (Lipinski definition) is 4. The van der Waals surface area contributed by atoms with E-state index in [1.54, 1.807) is 0 Å². The number of nitrogens with zero attached hydrogens (tertiary/aromatic N) is 1. The van der Waals surface area contributed by atoms with Crippen LogP contribution in [0, 0.1) is 0 Å². The largest absolute Gasteiger partial charge is 0.481 e. The van der Waals surface area contributed by atoms with Gasteiger partial charge in [-0.15, -0.1) is 0 Å². The van der Waals surface area contributed by atoms with Crippen LogP contribution in [0.15, 0.2) is 34.9 Å². The van der Waals surface area contributed by atoms with E-state index in [4.69, 9.17) is 15.4 Å². The van der Waals surface area contributed by atoms with Crippen molar-refractivity contribution in [2.75, 3.05) is 5.73 Å². The molecule has 1 aromatic carbocycles. The van der Waals surface area contributed by atoms with Crippen molar-refractivity contribution >= 4 is 11.9 Å². The van der Waals surface area contributed by atoms with E-state index >= 15 is 0 Å². The number of carboxylic acid groups (broad SMARTS) is 1. The summed E-state index contributed by atoms with van der Waals surface area (Å²) in [6.07, 6.45) is -0.195. The molecule has 0 saturated carbocycles. The zero-order valence-corrected chi connectivity index (χ0v) is 8.38. The van der Waals surface area contributed by atoms with Gasteiger partial charge >= 0.3 is 5.97 Å². The Kier molecular flexibility index (Phi) is 2.59. The summed E-state index contributed by atoms with van der Waals surface area (Å²) >= 11 is 0. The van der Waals surface area contributed by atoms with Crippen molar-refractivity contribution in [3.8, 4) is 11.3 Å². The van der Waals surface area contributed by atoms with Gasteiger partial charge in [-0.1, -0.05) is 35.5 Å². The lowest BCUT2D eigenvalue weighted by atomic mass is 10.1. The number of carbonyl (C=O) groups is 1. The summed E-state index contributed by atoms with van der Waals surface area (Å²) in [5.41, 5.74) is 7.23. The summed E-state index contributed by atoms with van der Waals surface area (Å²) in [5, 5.41) is 12.5. The summed E-state index contributed by atoms with van der Waals surface area (Å²) in [5.74, 6) is -0.909. The van der Waals surface area contributed by atoms with Crippen LogP contribution < -0.4 is 5.73 Å². The van der Waals surface area contributed by atoms with Crippen LogP contribution in [0.3, 0.4) is 0 Å². The highest BCUT2D eigenvalue weighted by molar-refractivity contribution is 5.77. The lowest BCUT2D eigenvalue weighted by molar-refractivity contribution is -0.136. The molecule has 0 aliphatic carbocycles. The number of aromatic nitrogens is 1. The molecule has 0 radical (unpaired) electrons. The van der Waals surface area contributed by atoms with E-state index < -0.39 is 5.97 Å². The highest BCUT2D eigenvalue weighted by Crippen LogP contribution is 2.27. The van der Waals surface area contributed by atoms with Crippen LogP contribution in [0.4, 0.5) is 5.88 Å². The Morgan fingerprint density at radius 2 is 2.06 bits per heavy atom. The SMILES string of the molecule is Nc1onc(-c2ccccc2)c1CC(=O)O. The fourth-order valence-electron chi connectivity index (χ4n) is 1.47. The van der Waals surface area contributed by atoms with Gasteiger partial charge in [-0.2, -0.15) is 0 Å². The maximum absolute atomic E-state index is 10.7. The van der Waals surface area contributed by atoms with Gasteiger partial charge in [0.1, 0.15) is 5.69 Å². The van der Waals surface area contributed by atoms with Crippen molar-refractivity contribution in [2.45, 2.75) is 6.42 Å². The number of benzene rings is 1. The summed E-state index contributed by atoms with van der Waals surface area (Å²) < 4.78 is 4.82. The summed E-state index contributed by atoms with van der Waals surface area (Å²) in [6.45, 7) is 0. The van der Waals surface area contributed by atoms with Crippen molar-refractivity contribution in [3.63, 3.8) is 0 Å². The van der Waals surface area contributed by atoms with E-state index in [0.29, 0.717) is 11.3 Å². The normalized spacial score (nSPS) is 10.2. The Labute approximate surface area is 91.5 Å². The number of nitrogens with two attached hydrogens (primary N) is 1. The second-order valence-corrected chi connectivity index (χ2v) is 3.31. The number of carboxylic acids is 1. The molecule has 2 rings (SSSR count). The van der Waals surface area contributed by atoms with Gasteiger partial charge in [0.05, 0.1) is 12.0 Å². The first-order valence-corrected chi connectivity index (χ1v) is 4.69. The third-order valence-corrected chi connectivity index (χ3v) is 2.19. The first-order chi connectivity index (χ1) is 7.68. The van der Waals surface area contributed by atoms with E-state index in [9.17, 15) is 4.79 Å². The van der Waals surface area contributed by atoms with Gasteiger partial charge in [-0.05, 0) is 0 Å². The van der Waals surface area contributed by atoms with Crippen molar-refractivity contribution in [2.24, 2.45) is 0 Å². The Bertz CT molecular complexity index is 505. The van der Waals surface area contributed by atoms with E-state index in [1.165, 1.54) is 0 Å². The molecule has 82 valence electrons. The standard InChI is InChI=1S/C11H10N2O3/c12-11-8(6-9(14)15)10(13-16-11)7-4-2-1-3-5-7/h1-5H,6,12H2,(H,14,15). The Morgan fingerprint density at radius 1 is 1.38 bits per heavy atom. The minimum absolute atomic E-state index is 0.0567. The molecule has 2 aromatic rings. The summed E-state index contributed by atoms with van der Waals surface area (Å²) in [4.78, 5) is 10.7. The molecule has 1 aromatic heterocycles. The molecule has 0 aliphatic rings. The molecule has 5 nitrogen and oxygen atoms in total. The Balaban J connectivity index is 2.46. The molecule has 0 amide bonds. The van der Waals surface area contributed by atoms with Crippen LogP contribution in [-0.4, -0.2) is 16.2 Å². The van der Waals surface area contributed by atoms with Crippen LogP contribution in [0.5, 0.6) is 0 Å². The van der Waals surface area contributed by atoms with Gasteiger partial charge in [0.2, 0.25) is 5.88 Å². The number of nitrogen functional groups attached to an aromatic ring is 1. The number of rotatable bonds is 3. The molecule has 0 unspecified atom stereocenters. The maximum Gasteiger partial charge on any atom is 0.308 e. The van der Waals surface area contributed by atoms with Crippen LogP contribution in [0.25, 0.3) is 11.3 Å². The Morgan fingerprint density at radius 3 is 2.69 bits per heavy atom. The molecule has 16 heavy (non-hydrogen) atoms. The molecule has 5 heteroatoms. The molecular weight excluding hydrogens is 208 g/mol. The van der Waals surface area contributed by atoms with Gasteiger partial charge in [0, 0.05) is 5.56 Å². The monoisotopic (exact) mass is 218 g/mol. The highest BCUT2D eigenvalue weighted by atomic mass is 16.5. The quantitative estimate of drug-likeness (QED) is 0.815. The van der Waals surface area contributed by atoms with E-state index in [0.717, 1.165) is 5.56 Å². The van der Waals surface area contributed by atoms with Crippen LogP contribution in [0.1, 0.15) is 5.56 Å². The van der Waals surface area contributed by atoms with Gasteiger partial charge in [0.15, 0.2) is 0 Å². The zero-order chi connectivity index (χ0) is 11.5. The molecule has 0 bridgehead atoms. The molecule has 0 atom stereocenters. The van der Waals surface area contributed by atoms with Crippen molar-refractivity contribution in [3.05, 3.63) is 35.9 Å².